The van der Waals surface area contributed by atoms with Crippen molar-refractivity contribution >= 4 is 23.0 Å². The summed E-state index contributed by atoms with van der Waals surface area (Å²) >= 11 is 0. The quantitative estimate of drug-likeness (QED) is 0.626. The lowest BCUT2D eigenvalue weighted by atomic mass is 9.96. The Balaban J connectivity index is 1.93. The van der Waals surface area contributed by atoms with Gasteiger partial charge in [0, 0.05) is 6.04 Å². The molecule has 0 bridgehead atoms. The van der Waals surface area contributed by atoms with Gasteiger partial charge in [-0.3, -0.25) is 4.79 Å². The van der Waals surface area contributed by atoms with Crippen LogP contribution in [0.5, 0.6) is 0 Å². The van der Waals surface area contributed by atoms with Crippen molar-refractivity contribution < 1.29 is 18.3 Å². The average molecular weight is 413 g/mol. The largest absolute Gasteiger partial charge is 0.462 e. The molecule has 2 heterocycles. The topological polar surface area (TPSA) is 86.4 Å². The SMILES string of the molecule is CCOC(=O)c1c(C)oc2nc(NC3CCCCC3)n(-c3ccc(F)cc3)c(=O)c12. The summed E-state index contributed by atoms with van der Waals surface area (Å²) in [5.41, 5.74) is 0.134. The van der Waals surface area contributed by atoms with Gasteiger partial charge in [0.25, 0.3) is 5.56 Å². The van der Waals surface area contributed by atoms with Gasteiger partial charge in [0.2, 0.25) is 11.7 Å². The second-order valence-corrected chi connectivity index (χ2v) is 7.47. The van der Waals surface area contributed by atoms with Gasteiger partial charge in [0.15, 0.2) is 0 Å². The monoisotopic (exact) mass is 413 g/mol. The fraction of sp³-hybridized carbons (Fsp3) is 0.409. The van der Waals surface area contributed by atoms with Gasteiger partial charge in [-0.25, -0.2) is 13.8 Å². The maximum atomic E-state index is 13.5. The molecule has 1 aromatic carbocycles. The van der Waals surface area contributed by atoms with E-state index in [1.165, 1.54) is 35.3 Å². The summed E-state index contributed by atoms with van der Waals surface area (Å²) in [4.78, 5) is 30.5. The summed E-state index contributed by atoms with van der Waals surface area (Å²) in [6.07, 6.45) is 5.35. The molecule has 0 aliphatic heterocycles. The number of benzene rings is 1. The molecule has 0 spiro atoms. The third-order valence-corrected chi connectivity index (χ3v) is 5.40. The van der Waals surface area contributed by atoms with E-state index in [1.54, 1.807) is 13.8 Å². The summed E-state index contributed by atoms with van der Waals surface area (Å²) in [7, 11) is 0. The molecule has 0 radical (unpaired) electrons. The van der Waals surface area contributed by atoms with Crippen LogP contribution in [0.4, 0.5) is 10.3 Å². The Kier molecular flexibility index (Phi) is 5.57. The van der Waals surface area contributed by atoms with Gasteiger partial charge in [0.1, 0.15) is 22.5 Å². The summed E-state index contributed by atoms with van der Waals surface area (Å²) in [6, 6.07) is 5.75. The van der Waals surface area contributed by atoms with Gasteiger partial charge < -0.3 is 14.5 Å². The van der Waals surface area contributed by atoms with E-state index in [0.717, 1.165) is 25.7 Å². The number of halogens is 1. The van der Waals surface area contributed by atoms with E-state index in [-0.39, 0.29) is 35.1 Å². The van der Waals surface area contributed by atoms with Crippen LogP contribution in [0, 0.1) is 12.7 Å². The maximum Gasteiger partial charge on any atom is 0.342 e. The van der Waals surface area contributed by atoms with Gasteiger partial charge in [-0.05, 0) is 51.0 Å². The average Bonchev–Trinajstić information content (AvgIpc) is 3.06. The van der Waals surface area contributed by atoms with Gasteiger partial charge in [-0.2, -0.15) is 4.98 Å². The van der Waals surface area contributed by atoms with Crippen LogP contribution in [-0.2, 0) is 4.74 Å². The standard InChI is InChI=1S/C22H24FN3O4/c1-3-29-21(28)17-13(2)30-19-18(17)20(27)26(16-11-9-14(23)10-12-16)22(25-19)24-15-7-5-4-6-8-15/h9-12,15H,3-8H2,1-2H3,(H,24,25). The number of anilines is 1. The predicted molar refractivity (Wildman–Crippen MR) is 111 cm³/mol. The van der Waals surface area contributed by atoms with Crippen molar-refractivity contribution in [2.24, 2.45) is 0 Å². The Bertz CT molecular complexity index is 1130. The zero-order valence-corrected chi connectivity index (χ0v) is 17.0. The van der Waals surface area contributed by atoms with E-state index < -0.39 is 17.3 Å². The van der Waals surface area contributed by atoms with Crippen molar-refractivity contribution in [3.05, 3.63) is 51.8 Å². The Morgan fingerprint density at radius 2 is 1.97 bits per heavy atom. The number of aryl methyl sites for hydroxylation is 1. The van der Waals surface area contributed by atoms with Crippen LogP contribution in [0.25, 0.3) is 16.8 Å². The summed E-state index contributed by atoms with van der Waals surface area (Å²) in [5, 5.41) is 3.42. The Labute approximate surface area is 172 Å². The van der Waals surface area contributed by atoms with Crippen molar-refractivity contribution in [1.29, 1.82) is 0 Å². The number of fused-ring (bicyclic) bond motifs is 1. The van der Waals surface area contributed by atoms with Gasteiger partial charge >= 0.3 is 5.97 Å². The molecular weight excluding hydrogens is 389 g/mol. The minimum Gasteiger partial charge on any atom is -0.462 e. The summed E-state index contributed by atoms with van der Waals surface area (Å²) < 4.78 is 25.6. The molecule has 0 unspecified atom stereocenters. The number of aromatic nitrogens is 2. The molecule has 1 saturated carbocycles. The second kappa shape index (κ2) is 8.30. The number of ether oxygens (including phenoxy) is 1. The number of rotatable bonds is 5. The molecule has 7 nitrogen and oxygen atoms in total. The van der Waals surface area contributed by atoms with Gasteiger partial charge in [-0.1, -0.05) is 19.3 Å². The fourth-order valence-corrected chi connectivity index (χ4v) is 3.97. The zero-order chi connectivity index (χ0) is 21.3. The van der Waals surface area contributed by atoms with E-state index in [1.807, 2.05) is 0 Å². The van der Waals surface area contributed by atoms with Crippen LogP contribution in [0.2, 0.25) is 0 Å². The number of hydrogen-bond donors (Lipinski definition) is 1. The highest BCUT2D eigenvalue weighted by Gasteiger charge is 2.27. The van der Waals surface area contributed by atoms with Crippen molar-refractivity contribution in [2.75, 3.05) is 11.9 Å². The molecule has 2 aromatic heterocycles. The molecule has 1 fully saturated rings. The number of carbonyl (C=O) groups excluding carboxylic acids is 1. The van der Waals surface area contributed by atoms with Crippen LogP contribution < -0.4 is 10.9 Å². The minimum atomic E-state index is -0.633. The molecule has 30 heavy (non-hydrogen) atoms. The Hall–Kier alpha value is -3.16. The highest BCUT2D eigenvalue weighted by molar-refractivity contribution is 6.03. The lowest BCUT2D eigenvalue weighted by Crippen LogP contribution is -2.30. The zero-order valence-electron chi connectivity index (χ0n) is 17.0. The molecule has 3 aromatic rings. The number of nitrogens with zero attached hydrogens (tertiary/aromatic N) is 2. The first-order chi connectivity index (χ1) is 14.5. The normalized spacial score (nSPS) is 14.8. The lowest BCUT2D eigenvalue weighted by Gasteiger charge is -2.24. The first-order valence-corrected chi connectivity index (χ1v) is 10.2. The number of hydrogen-bond acceptors (Lipinski definition) is 6. The first kappa shape index (κ1) is 20.1. The van der Waals surface area contributed by atoms with Crippen LogP contribution in [0.1, 0.15) is 55.1 Å². The van der Waals surface area contributed by atoms with Crippen LogP contribution in [-0.4, -0.2) is 28.2 Å². The third kappa shape index (κ3) is 3.69. The molecule has 158 valence electrons. The summed E-state index contributed by atoms with van der Waals surface area (Å²) in [5.74, 6) is -0.455. The highest BCUT2D eigenvalue weighted by atomic mass is 19.1. The first-order valence-electron chi connectivity index (χ1n) is 10.2. The van der Waals surface area contributed by atoms with E-state index >= 15 is 0 Å². The van der Waals surface area contributed by atoms with Gasteiger partial charge in [0.05, 0.1) is 12.3 Å². The van der Waals surface area contributed by atoms with Crippen molar-refractivity contribution in [3.63, 3.8) is 0 Å². The molecular formula is C22H24FN3O4. The third-order valence-electron chi connectivity index (χ3n) is 5.40. The molecule has 1 aliphatic carbocycles. The van der Waals surface area contributed by atoms with Crippen molar-refractivity contribution in [1.82, 2.24) is 9.55 Å². The second-order valence-electron chi connectivity index (χ2n) is 7.47. The number of furan rings is 1. The van der Waals surface area contributed by atoms with Crippen molar-refractivity contribution in [2.45, 2.75) is 52.0 Å². The number of nitrogens with one attached hydrogen (secondary N) is 1. The number of esters is 1. The molecule has 8 heteroatoms. The molecule has 0 amide bonds. The van der Waals surface area contributed by atoms with E-state index in [2.05, 4.69) is 10.3 Å². The minimum absolute atomic E-state index is 0.0597. The van der Waals surface area contributed by atoms with Gasteiger partial charge in [-0.15, -0.1) is 0 Å². The fourth-order valence-electron chi connectivity index (χ4n) is 3.97. The summed E-state index contributed by atoms with van der Waals surface area (Å²) in [6.45, 7) is 3.46. The smallest absolute Gasteiger partial charge is 0.342 e. The molecule has 0 saturated heterocycles. The lowest BCUT2D eigenvalue weighted by molar-refractivity contribution is 0.0526. The Morgan fingerprint density at radius 1 is 1.27 bits per heavy atom. The Morgan fingerprint density at radius 3 is 2.63 bits per heavy atom. The van der Waals surface area contributed by atoms with E-state index in [9.17, 15) is 14.0 Å². The highest BCUT2D eigenvalue weighted by Crippen LogP contribution is 2.27. The molecule has 1 aliphatic rings. The van der Waals surface area contributed by atoms with E-state index in [0.29, 0.717) is 11.6 Å². The maximum absolute atomic E-state index is 13.5. The van der Waals surface area contributed by atoms with Crippen LogP contribution in [0.3, 0.4) is 0 Å². The molecule has 4 rings (SSSR count). The van der Waals surface area contributed by atoms with Crippen LogP contribution in [0.15, 0.2) is 33.5 Å². The predicted octanol–water partition coefficient (Wildman–Crippen LogP) is 4.35. The van der Waals surface area contributed by atoms with Crippen LogP contribution >= 0.6 is 0 Å². The number of carbonyl (C=O) groups is 1. The molecule has 1 N–H and O–H groups in total. The van der Waals surface area contributed by atoms with E-state index in [4.69, 9.17) is 9.15 Å². The van der Waals surface area contributed by atoms with Crippen molar-refractivity contribution in [3.8, 4) is 5.69 Å². The molecule has 0 atom stereocenters.